The second kappa shape index (κ2) is 6.66. The summed E-state index contributed by atoms with van der Waals surface area (Å²) in [5, 5.41) is 3.61. The maximum atomic E-state index is 5.68. The van der Waals surface area contributed by atoms with E-state index in [0.717, 1.165) is 18.8 Å². The predicted molar refractivity (Wildman–Crippen MR) is 88.1 cm³/mol. The smallest absolute Gasteiger partial charge is 0.121 e. The summed E-state index contributed by atoms with van der Waals surface area (Å²) in [6.07, 6.45) is 3.47. The molecule has 0 spiro atoms. The summed E-state index contributed by atoms with van der Waals surface area (Å²) in [5.41, 5.74) is 2.63. The molecule has 0 radical (unpaired) electrons. The Morgan fingerprint density at radius 1 is 1.05 bits per heavy atom. The molecule has 0 aliphatic heterocycles. The van der Waals surface area contributed by atoms with Crippen molar-refractivity contribution in [3.05, 3.63) is 60.2 Å². The Bertz CT molecular complexity index is 561. The molecule has 1 fully saturated rings. The average molecular weight is 281 g/mol. The molecule has 2 aromatic rings. The lowest BCUT2D eigenvalue weighted by molar-refractivity contribution is 0.317. The topological polar surface area (TPSA) is 21.3 Å². The third-order valence-corrected chi connectivity index (χ3v) is 4.09. The monoisotopic (exact) mass is 281 g/mol. The number of hydrogen-bond acceptors (Lipinski definition) is 2. The van der Waals surface area contributed by atoms with E-state index in [2.05, 4.69) is 60.8 Å². The number of anilines is 1. The van der Waals surface area contributed by atoms with Crippen molar-refractivity contribution in [2.75, 3.05) is 11.9 Å². The van der Waals surface area contributed by atoms with Gasteiger partial charge in [0.05, 0.1) is 6.61 Å². The van der Waals surface area contributed by atoms with Gasteiger partial charge in [0.15, 0.2) is 0 Å². The highest BCUT2D eigenvalue weighted by Crippen LogP contribution is 2.38. The third-order valence-electron chi connectivity index (χ3n) is 4.09. The summed E-state index contributed by atoms with van der Waals surface area (Å²) < 4.78 is 5.68. The van der Waals surface area contributed by atoms with Crippen LogP contribution in [0.3, 0.4) is 0 Å². The van der Waals surface area contributed by atoms with E-state index in [-0.39, 0.29) is 0 Å². The second-order valence-corrected chi connectivity index (χ2v) is 5.80. The second-order valence-electron chi connectivity index (χ2n) is 5.80. The molecule has 1 N–H and O–H groups in total. The molecule has 0 saturated heterocycles. The van der Waals surface area contributed by atoms with Crippen molar-refractivity contribution >= 4 is 5.69 Å². The first-order valence-electron chi connectivity index (χ1n) is 7.89. The zero-order valence-electron chi connectivity index (χ0n) is 12.6. The molecule has 0 amide bonds. The quantitative estimate of drug-likeness (QED) is 0.818. The van der Waals surface area contributed by atoms with Crippen LogP contribution in [0.25, 0.3) is 0 Å². The minimum Gasteiger partial charge on any atom is -0.494 e. The number of rotatable bonds is 6. The van der Waals surface area contributed by atoms with Crippen molar-refractivity contribution in [2.24, 2.45) is 0 Å². The molecule has 21 heavy (non-hydrogen) atoms. The molecule has 1 aliphatic rings. The molecular weight excluding hydrogens is 258 g/mol. The molecule has 0 aromatic heterocycles. The van der Waals surface area contributed by atoms with E-state index in [1.165, 1.54) is 24.1 Å². The van der Waals surface area contributed by atoms with Crippen molar-refractivity contribution in [2.45, 2.75) is 38.1 Å². The molecule has 1 saturated carbocycles. The summed E-state index contributed by atoms with van der Waals surface area (Å²) in [4.78, 5) is 0. The number of nitrogens with one attached hydrogen (secondary N) is 1. The molecule has 1 aliphatic carbocycles. The Labute approximate surface area is 127 Å². The van der Waals surface area contributed by atoms with Gasteiger partial charge in [-0.15, -0.1) is 0 Å². The first-order chi connectivity index (χ1) is 10.3. The van der Waals surface area contributed by atoms with Crippen LogP contribution in [0.2, 0.25) is 0 Å². The molecule has 110 valence electrons. The van der Waals surface area contributed by atoms with Gasteiger partial charge >= 0.3 is 0 Å². The largest absolute Gasteiger partial charge is 0.494 e. The van der Waals surface area contributed by atoms with E-state index in [1.54, 1.807) is 0 Å². The minimum absolute atomic E-state index is 0.580. The third kappa shape index (κ3) is 3.57. The highest BCUT2D eigenvalue weighted by atomic mass is 16.5. The van der Waals surface area contributed by atoms with Crippen LogP contribution in [0, 0.1) is 0 Å². The van der Waals surface area contributed by atoms with Gasteiger partial charge < -0.3 is 10.1 Å². The van der Waals surface area contributed by atoms with Gasteiger partial charge in [0.2, 0.25) is 0 Å². The first-order valence-corrected chi connectivity index (χ1v) is 7.89. The van der Waals surface area contributed by atoms with Gasteiger partial charge in [0.25, 0.3) is 0 Å². The van der Waals surface area contributed by atoms with Gasteiger partial charge in [0.1, 0.15) is 5.75 Å². The highest BCUT2D eigenvalue weighted by molar-refractivity contribution is 5.49. The Morgan fingerprint density at radius 2 is 1.86 bits per heavy atom. The lowest BCUT2D eigenvalue weighted by atomic mass is 9.76. The maximum Gasteiger partial charge on any atom is 0.121 e. The zero-order valence-corrected chi connectivity index (χ0v) is 12.6. The number of ether oxygens (including phenoxy) is 1. The fourth-order valence-electron chi connectivity index (χ4n) is 2.86. The number of benzene rings is 2. The normalized spacial score (nSPS) is 20.6. The molecule has 3 rings (SSSR count). The van der Waals surface area contributed by atoms with Gasteiger partial charge in [-0.3, -0.25) is 0 Å². The van der Waals surface area contributed by atoms with Gasteiger partial charge in [-0.2, -0.15) is 0 Å². The highest BCUT2D eigenvalue weighted by Gasteiger charge is 2.29. The fraction of sp³-hybridized carbons (Fsp3) is 0.368. The Balaban J connectivity index is 1.52. The van der Waals surface area contributed by atoms with E-state index in [0.29, 0.717) is 12.0 Å². The van der Waals surface area contributed by atoms with Crippen LogP contribution in [-0.4, -0.2) is 12.6 Å². The summed E-state index contributed by atoms with van der Waals surface area (Å²) in [5.74, 6) is 1.67. The minimum atomic E-state index is 0.580. The van der Waals surface area contributed by atoms with Crippen LogP contribution < -0.4 is 10.1 Å². The van der Waals surface area contributed by atoms with Crippen molar-refractivity contribution < 1.29 is 4.74 Å². The molecule has 2 aromatic carbocycles. The molecule has 2 heteroatoms. The van der Waals surface area contributed by atoms with E-state index in [4.69, 9.17) is 4.74 Å². The first kappa shape index (κ1) is 14.0. The van der Waals surface area contributed by atoms with Crippen molar-refractivity contribution in [3.8, 4) is 5.75 Å². The standard InChI is InChI=1S/C19H23NO/c1-2-11-21-19-10-6-9-17(14-19)20-18-12-16(13-18)15-7-4-3-5-8-15/h3-10,14,16,18,20H,2,11-13H2,1H3. The molecular formula is C19H23NO. The lowest BCUT2D eigenvalue weighted by Gasteiger charge is -2.37. The molecule has 0 unspecified atom stereocenters. The van der Waals surface area contributed by atoms with Gasteiger partial charge in [-0.05, 0) is 42.9 Å². The van der Waals surface area contributed by atoms with Gasteiger partial charge in [-0.1, -0.05) is 43.3 Å². The van der Waals surface area contributed by atoms with Crippen LogP contribution in [0.5, 0.6) is 5.75 Å². The van der Waals surface area contributed by atoms with Crippen LogP contribution in [0.4, 0.5) is 5.69 Å². The number of hydrogen-bond donors (Lipinski definition) is 1. The SMILES string of the molecule is CCCOc1cccc(NC2CC(c3ccccc3)C2)c1. The predicted octanol–water partition coefficient (Wildman–Crippen LogP) is 4.83. The van der Waals surface area contributed by atoms with E-state index in [1.807, 2.05) is 6.07 Å². The Kier molecular flexibility index (Phi) is 4.44. The van der Waals surface area contributed by atoms with Crippen LogP contribution >= 0.6 is 0 Å². The van der Waals surface area contributed by atoms with Crippen molar-refractivity contribution in [1.82, 2.24) is 0 Å². The van der Waals surface area contributed by atoms with E-state index >= 15 is 0 Å². The average Bonchev–Trinajstić information content (AvgIpc) is 2.50. The van der Waals surface area contributed by atoms with Crippen LogP contribution in [0.1, 0.15) is 37.7 Å². The Morgan fingerprint density at radius 3 is 2.62 bits per heavy atom. The van der Waals surface area contributed by atoms with E-state index < -0.39 is 0 Å². The fourth-order valence-corrected chi connectivity index (χ4v) is 2.86. The molecule has 2 nitrogen and oxygen atoms in total. The molecule has 0 bridgehead atoms. The maximum absolute atomic E-state index is 5.68. The molecule has 0 heterocycles. The van der Waals surface area contributed by atoms with Crippen molar-refractivity contribution in [3.63, 3.8) is 0 Å². The van der Waals surface area contributed by atoms with Gasteiger partial charge in [-0.25, -0.2) is 0 Å². The van der Waals surface area contributed by atoms with Crippen molar-refractivity contribution in [1.29, 1.82) is 0 Å². The lowest BCUT2D eigenvalue weighted by Crippen LogP contribution is -2.33. The summed E-state index contributed by atoms with van der Waals surface area (Å²) in [6, 6.07) is 19.7. The van der Waals surface area contributed by atoms with Crippen LogP contribution in [-0.2, 0) is 0 Å². The Hall–Kier alpha value is -1.96. The van der Waals surface area contributed by atoms with Crippen LogP contribution in [0.15, 0.2) is 54.6 Å². The van der Waals surface area contributed by atoms with Gasteiger partial charge in [0, 0.05) is 17.8 Å². The summed E-state index contributed by atoms with van der Waals surface area (Å²) in [7, 11) is 0. The van der Waals surface area contributed by atoms with E-state index in [9.17, 15) is 0 Å². The zero-order chi connectivity index (χ0) is 14.5. The molecule has 0 atom stereocenters. The summed E-state index contributed by atoms with van der Waals surface area (Å²) in [6.45, 7) is 2.91. The summed E-state index contributed by atoms with van der Waals surface area (Å²) >= 11 is 0.